The molecule has 6 atom stereocenters. The van der Waals surface area contributed by atoms with Crippen LogP contribution in [-0.4, -0.2) is 47.9 Å². The van der Waals surface area contributed by atoms with Crippen LogP contribution < -0.4 is 0 Å². The van der Waals surface area contributed by atoms with Gasteiger partial charge in [-0.25, -0.2) is 9.59 Å². The molecule has 3 aliphatic heterocycles. The molecule has 0 N–H and O–H groups in total. The molecule has 4 rings (SSSR count). The summed E-state index contributed by atoms with van der Waals surface area (Å²) in [6, 6.07) is 0. The van der Waals surface area contributed by atoms with E-state index in [9.17, 15) is 14.4 Å². The van der Waals surface area contributed by atoms with Gasteiger partial charge in [0.05, 0.1) is 23.2 Å². The number of epoxide rings is 1. The summed E-state index contributed by atoms with van der Waals surface area (Å²) in [7, 11) is 0. The van der Waals surface area contributed by atoms with Crippen LogP contribution in [0.5, 0.6) is 0 Å². The topological polar surface area (TPSA) is 91.4 Å². The van der Waals surface area contributed by atoms with Crippen LogP contribution in [0, 0.1) is 5.92 Å². The highest BCUT2D eigenvalue weighted by Gasteiger charge is 2.60. The lowest BCUT2D eigenvalue weighted by Gasteiger charge is -2.23. The fourth-order valence-electron chi connectivity index (χ4n) is 3.91. The first-order chi connectivity index (χ1) is 11.3. The molecular formula is C17H18O7. The number of esters is 3. The van der Waals surface area contributed by atoms with Crippen molar-refractivity contribution in [2.45, 2.75) is 56.7 Å². The Morgan fingerprint density at radius 1 is 1.33 bits per heavy atom. The normalized spacial score (nSPS) is 43.2. The summed E-state index contributed by atoms with van der Waals surface area (Å²) >= 11 is 0. The molecule has 7 nitrogen and oxygen atoms in total. The molecule has 0 unspecified atom stereocenters. The lowest BCUT2D eigenvalue weighted by atomic mass is 9.83. The Bertz CT molecular complexity index is 693. The van der Waals surface area contributed by atoms with E-state index in [1.54, 1.807) is 6.08 Å². The predicted molar refractivity (Wildman–Crippen MR) is 78.5 cm³/mol. The third-order valence-electron chi connectivity index (χ3n) is 5.23. The molecule has 7 heteroatoms. The minimum absolute atomic E-state index is 0.180. The van der Waals surface area contributed by atoms with E-state index >= 15 is 0 Å². The van der Waals surface area contributed by atoms with Gasteiger partial charge in [0.25, 0.3) is 0 Å². The molecule has 1 aliphatic carbocycles. The molecule has 2 saturated heterocycles. The van der Waals surface area contributed by atoms with Crippen LogP contribution in [0.4, 0.5) is 0 Å². The molecule has 2 bridgehead atoms. The highest BCUT2D eigenvalue weighted by atomic mass is 16.6. The lowest BCUT2D eigenvalue weighted by Crippen LogP contribution is -2.33. The van der Waals surface area contributed by atoms with Crippen molar-refractivity contribution < 1.29 is 33.3 Å². The Morgan fingerprint density at radius 2 is 2.08 bits per heavy atom. The fraction of sp³-hybridized carbons (Fsp3) is 0.588. The van der Waals surface area contributed by atoms with E-state index in [0.717, 1.165) is 0 Å². The number of rotatable bonds is 1. The maximum absolute atomic E-state index is 12.3. The Morgan fingerprint density at radius 3 is 2.79 bits per heavy atom. The second-order valence-electron chi connectivity index (χ2n) is 6.94. The average Bonchev–Trinajstić information content (AvgIpc) is 2.80. The van der Waals surface area contributed by atoms with Crippen molar-refractivity contribution in [1.29, 1.82) is 0 Å². The first-order valence-electron chi connectivity index (χ1n) is 7.96. The van der Waals surface area contributed by atoms with E-state index in [4.69, 9.17) is 18.9 Å². The molecule has 0 saturated carbocycles. The zero-order valence-electron chi connectivity index (χ0n) is 13.4. The molecule has 0 amide bonds. The van der Waals surface area contributed by atoms with Crippen LogP contribution in [-0.2, 0) is 33.3 Å². The van der Waals surface area contributed by atoms with Crippen LogP contribution in [0.25, 0.3) is 0 Å². The van der Waals surface area contributed by atoms with Crippen molar-refractivity contribution in [3.8, 4) is 0 Å². The average molecular weight is 334 g/mol. The van der Waals surface area contributed by atoms with Gasteiger partial charge in [0.2, 0.25) is 0 Å². The standard InChI is InChI=1S/C17H18O7/c1-7-14-11-4-9(16(20)22-11)10(21-8(2)18)5-13-17(3,24-13)6-12(14)23-15(7)19/h4,10-14H,1,5-6H2,2-3H3/t10-,11-,12+,13-,14+,17+/m1/s1. The van der Waals surface area contributed by atoms with Crippen molar-refractivity contribution in [3.05, 3.63) is 23.8 Å². The summed E-state index contributed by atoms with van der Waals surface area (Å²) in [6.45, 7) is 7.02. The molecule has 128 valence electrons. The molecule has 3 heterocycles. The first kappa shape index (κ1) is 15.4. The van der Waals surface area contributed by atoms with E-state index in [1.807, 2.05) is 6.92 Å². The zero-order chi connectivity index (χ0) is 17.2. The van der Waals surface area contributed by atoms with Gasteiger partial charge in [-0.3, -0.25) is 4.79 Å². The molecule has 4 aliphatic rings. The number of hydrogen-bond donors (Lipinski definition) is 0. The summed E-state index contributed by atoms with van der Waals surface area (Å²) in [4.78, 5) is 35.6. The molecule has 0 spiro atoms. The van der Waals surface area contributed by atoms with Gasteiger partial charge < -0.3 is 18.9 Å². The number of hydrogen-bond acceptors (Lipinski definition) is 7. The van der Waals surface area contributed by atoms with Crippen LogP contribution in [0.2, 0.25) is 0 Å². The molecule has 0 aromatic heterocycles. The van der Waals surface area contributed by atoms with Crippen molar-refractivity contribution in [3.63, 3.8) is 0 Å². The van der Waals surface area contributed by atoms with Crippen LogP contribution in [0.3, 0.4) is 0 Å². The Labute approximate surface area is 138 Å². The van der Waals surface area contributed by atoms with Gasteiger partial charge in [-0.2, -0.15) is 0 Å². The third-order valence-corrected chi connectivity index (χ3v) is 5.23. The number of ether oxygens (including phenoxy) is 4. The van der Waals surface area contributed by atoms with Crippen molar-refractivity contribution in [1.82, 2.24) is 0 Å². The van der Waals surface area contributed by atoms with Crippen molar-refractivity contribution >= 4 is 17.9 Å². The van der Waals surface area contributed by atoms with Crippen molar-refractivity contribution in [2.75, 3.05) is 0 Å². The summed E-state index contributed by atoms with van der Waals surface area (Å²) in [5, 5.41) is 0. The molecule has 2 fully saturated rings. The summed E-state index contributed by atoms with van der Waals surface area (Å²) < 4.78 is 21.9. The molecule has 24 heavy (non-hydrogen) atoms. The second kappa shape index (κ2) is 4.92. The Hall–Kier alpha value is -2.15. The Kier molecular flexibility index (Phi) is 3.16. The van der Waals surface area contributed by atoms with Crippen molar-refractivity contribution in [2.24, 2.45) is 5.92 Å². The maximum Gasteiger partial charge on any atom is 0.338 e. The molecule has 0 radical (unpaired) electrons. The van der Waals surface area contributed by atoms with Crippen LogP contribution in [0.15, 0.2) is 23.8 Å². The largest absolute Gasteiger partial charge is 0.458 e. The zero-order valence-corrected chi connectivity index (χ0v) is 13.4. The smallest absolute Gasteiger partial charge is 0.338 e. The second-order valence-corrected chi connectivity index (χ2v) is 6.94. The molecule has 0 aromatic carbocycles. The van der Waals surface area contributed by atoms with Gasteiger partial charge in [-0.1, -0.05) is 6.58 Å². The van der Waals surface area contributed by atoms with Gasteiger partial charge >= 0.3 is 17.9 Å². The predicted octanol–water partition coefficient (Wildman–Crippen LogP) is 0.819. The molecular weight excluding hydrogens is 316 g/mol. The minimum atomic E-state index is -0.713. The van der Waals surface area contributed by atoms with E-state index < -0.39 is 47.7 Å². The van der Waals surface area contributed by atoms with E-state index in [0.29, 0.717) is 24.0 Å². The third kappa shape index (κ3) is 2.26. The minimum Gasteiger partial charge on any atom is -0.458 e. The fourth-order valence-corrected chi connectivity index (χ4v) is 3.91. The van der Waals surface area contributed by atoms with E-state index in [1.165, 1.54) is 6.92 Å². The SMILES string of the molecule is C=C1C(=O)O[C@H]2C[C@]3(C)O[C@@H]3C[C@@H](OC(C)=O)C3=C[C@@H](OC3=O)[C@H]12. The highest BCUT2D eigenvalue weighted by Crippen LogP contribution is 2.49. The van der Waals surface area contributed by atoms with E-state index in [2.05, 4.69) is 6.58 Å². The van der Waals surface area contributed by atoms with Crippen LogP contribution in [0.1, 0.15) is 26.7 Å². The van der Waals surface area contributed by atoms with Gasteiger partial charge in [0, 0.05) is 25.3 Å². The van der Waals surface area contributed by atoms with E-state index in [-0.39, 0.29) is 6.10 Å². The number of carbonyl (C=O) groups excluding carboxylic acids is 3. The summed E-state index contributed by atoms with van der Waals surface area (Å²) in [5.41, 5.74) is 0.105. The Balaban J connectivity index is 1.73. The number of fused-ring (bicyclic) bond motifs is 4. The van der Waals surface area contributed by atoms with Gasteiger partial charge in [0.1, 0.15) is 18.3 Å². The number of carbonyl (C=O) groups is 3. The monoisotopic (exact) mass is 334 g/mol. The molecule has 0 aromatic rings. The van der Waals surface area contributed by atoms with Crippen LogP contribution >= 0.6 is 0 Å². The maximum atomic E-state index is 12.3. The summed E-state index contributed by atoms with van der Waals surface area (Å²) in [6.07, 6.45) is 0.501. The van der Waals surface area contributed by atoms with Gasteiger partial charge in [-0.05, 0) is 13.0 Å². The first-order valence-corrected chi connectivity index (χ1v) is 7.96. The summed E-state index contributed by atoms with van der Waals surface area (Å²) in [5.74, 6) is -1.93. The van der Waals surface area contributed by atoms with Gasteiger partial charge in [0.15, 0.2) is 0 Å². The lowest BCUT2D eigenvalue weighted by molar-refractivity contribution is -0.148. The van der Waals surface area contributed by atoms with Gasteiger partial charge in [-0.15, -0.1) is 0 Å². The quantitative estimate of drug-likeness (QED) is 0.303. The highest BCUT2D eigenvalue weighted by molar-refractivity contribution is 5.94.